The van der Waals surface area contributed by atoms with Gasteiger partial charge < -0.3 is 15.5 Å². The Kier molecular flexibility index (Phi) is 2.06. The lowest BCUT2D eigenvalue weighted by atomic mass is 9.95. The van der Waals surface area contributed by atoms with E-state index in [1.165, 1.54) is 0 Å². The fourth-order valence-corrected chi connectivity index (χ4v) is 1.46. The Hall–Kier alpha value is -1.29. The first-order valence-corrected chi connectivity index (χ1v) is 4.36. The smallest absolute Gasteiger partial charge is 0.239 e. The van der Waals surface area contributed by atoms with Crippen LogP contribution >= 0.6 is 0 Å². The average Bonchev–Trinajstić information content (AvgIpc) is 2.64. The molecule has 0 saturated carbocycles. The highest BCUT2D eigenvalue weighted by Gasteiger charge is 2.35. The summed E-state index contributed by atoms with van der Waals surface area (Å²) < 4.78 is 5.16. The molecular weight excluding hydrogens is 168 g/mol. The summed E-state index contributed by atoms with van der Waals surface area (Å²) in [7, 11) is 0. The molecule has 13 heavy (non-hydrogen) atoms. The Morgan fingerprint density at radius 3 is 3.00 bits per heavy atom. The third-order valence-corrected chi connectivity index (χ3v) is 2.35. The Morgan fingerprint density at radius 2 is 2.46 bits per heavy atom. The number of aryl methyl sites for hydroxylation is 1. The summed E-state index contributed by atoms with van der Waals surface area (Å²) in [5.41, 5.74) is 5.56. The molecule has 1 amide bonds. The van der Waals surface area contributed by atoms with Gasteiger partial charge in [-0.05, 0) is 18.6 Å². The van der Waals surface area contributed by atoms with Crippen LogP contribution in [0.3, 0.4) is 0 Å². The van der Waals surface area contributed by atoms with Gasteiger partial charge in [0, 0.05) is 6.42 Å². The largest absolute Gasteiger partial charge is 0.469 e. The van der Waals surface area contributed by atoms with E-state index >= 15 is 0 Å². The summed E-state index contributed by atoms with van der Waals surface area (Å²) in [6, 6.07) is 3.58. The van der Waals surface area contributed by atoms with E-state index in [0.29, 0.717) is 0 Å². The lowest BCUT2D eigenvalue weighted by Crippen LogP contribution is -2.66. The molecule has 0 bridgehead atoms. The summed E-state index contributed by atoms with van der Waals surface area (Å²) in [5.74, 6) is 0.887. The van der Waals surface area contributed by atoms with Crippen LogP contribution in [-0.4, -0.2) is 18.0 Å². The van der Waals surface area contributed by atoms with Gasteiger partial charge in [0.05, 0.1) is 12.3 Å². The van der Waals surface area contributed by atoms with Crippen LogP contribution in [0.25, 0.3) is 0 Å². The van der Waals surface area contributed by atoms with Crippen molar-refractivity contribution in [3.8, 4) is 0 Å². The molecule has 1 aliphatic rings. The normalized spacial score (nSPS) is 26.7. The molecule has 0 aliphatic carbocycles. The Bertz CT molecular complexity index is 295. The van der Waals surface area contributed by atoms with Gasteiger partial charge in [0.2, 0.25) is 5.91 Å². The van der Waals surface area contributed by atoms with E-state index in [0.717, 1.165) is 18.6 Å². The summed E-state index contributed by atoms with van der Waals surface area (Å²) >= 11 is 0. The van der Waals surface area contributed by atoms with Gasteiger partial charge in [-0.25, -0.2) is 0 Å². The Labute approximate surface area is 76.1 Å². The van der Waals surface area contributed by atoms with Crippen LogP contribution < -0.4 is 11.1 Å². The first-order valence-electron chi connectivity index (χ1n) is 4.36. The molecule has 1 saturated heterocycles. The number of nitrogens with two attached hydrogens (primary N) is 1. The maximum absolute atomic E-state index is 10.7. The maximum atomic E-state index is 10.7. The number of nitrogens with one attached hydrogen (secondary N) is 1. The Morgan fingerprint density at radius 1 is 1.62 bits per heavy atom. The number of amides is 1. The number of β-lactam (4-membered cyclic amide) rings is 1. The standard InChI is InChI=1S/C9H12N2O2/c10-8-7(11-9(8)12)4-3-6-2-1-5-13-6/h1-2,5,7-8H,3-4,10H2,(H,11,12)/t7-,8+/m0/s1. The molecule has 2 heterocycles. The van der Waals surface area contributed by atoms with Crippen LogP contribution in [0.4, 0.5) is 0 Å². The first kappa shape index (κ1) is 8.31. The third-order valence-electron chi connectivity index (χ3n) is 2.35. The van der Waals surface area contributed by atoms with Gasteiger partial charge in [-0.3, -0.25) is 4.79 Å². The second kappa shape index (κ2) is 3.22. The molecule has 1 aromatic rings. The molecule has 1 fully saturated rings. The molecule has 4 nitrogen and oxygen atoms in total. The lowest BCUT2D eigenvalue weighted by Gasteiger charge is -2.33. The number of hydrogen-bond donors (Lipinski definition) is 2. The SMILES string of the molecule is N[C@H]1C(=O)N[C@H]1CCc1ccco1. The molecular formula is C9H12N2O2. The zero-order valence-corrected chi connectivity index (χ0v) is 7.19. The number of hydrogen-bond acceptors (Lipinski definition) is 3. The highest BCUT2D eigenvalue weighted by atomic mass is 16.3. The molecule has 0 spiro atoms. The number of furan rings is 1. The fourth-order valence-electron chi connectivity index (χ4n) is 1.46. The van der Waals surface area contributed by atoms with E-state index in [-0.39, 0.29) is 18.0 Å². The molecule has 2 rings (SSSR count). The number of carbonyl (C=O) groups is 1. The van der Waals surface area contributed by atoms with Crippen LogP contribution in [0, 0.1) is 0 Å². The van der Waals surface area contributed by atoms with Crippen LogP contribution in [-0.2, 0) is 11.2 Å². The average molecular weight is 180 g/mol. The van der Waals surface area contributed by atoms with Crippen molar-refractivity contribution in [3.63, 3.8) is 0 Å². The van der Waals surface area contributed by atoms with Crippen molar-refractivity contribution in [1.82, 2.24) is 5.32 Å². The summed E-state index contributed by atoms with van der Waals surface area (Å²) in [5, 5.41) is 2.75. The van der Waals surface area contributed by atoms with Crippen molar-refractivity contribution in [2.24, 2.45) is 5.73 Å². The molecule has 0 aromatic carbocycles. The van der Waals surface area contributed by atoms with Crippen molar-refractivity contribution in [2.45, 2.75) is 24.9 Å². The second-order valence-corrected chi connectivity index (χ2v) is 3.26. The summed E-state index contributed by atoms with van der Waals surface area (Å²) in [4.78, 5) is 10.7. The van der Waals surface area contributed by atoms with Crippen LogP contribution in [0.2, 0.25) is 0 Å². The van der Waals surface area contributed by atoms with Crippen LogP contribution in [0.15, 0.2) is 22.8 Å². The minimum atomic E-state index is -0.324. The van der Waals surface area contributed by atoms with Crippen molar-refractivity contribution >= 4 is 5.91 Å². The highest BCUT2D eigenvalue weighted by Crippen LogP contribution is 2.12. The van der Waals surface area contributed by atoms with Gasteiger partial charge in [0.25, 0.3) is 0 Å². The third kappa shape index (κ3) is 1.58. The van der Waals surface area contributed by atoms with Crippen LogP contribution in [0.1, 0.15) is 12.2 Å². The minimum Gasteiger partial charge on any atom is -0.469 e. The number of rotatable bonds is 3. The highest BCUT2D eigenvalue weighted by molar-refractivity contribution is 5.88. The zero-order valence-electron chi connectivity index (χ0n) is 7.19. The quantitative estimate of drug-likeness (QED) is 0.645. The topological polar surface area (TPSA) is 68.3 Å². The molecule has 0 unspecified atom stereocenters. The molecule has 4 heteroatoms. The fraction of sp³-hybridized carbons (Fsp3) is 0.444. The maximum Gasteiger partial charge on any atom is 0.239 e. The lowest BCUT2D eigenvalue weighted by molar-refractivity contribution is -0.130. The van der Waals surface area contributed by atoms with E-state index in [9.17, 15) is 4.79 Å². The molecule has 70 valence electrons. The van der Waals surface area contributed by atoms with Crippen molar-refractivity contribution in [1.29, 1.82) is 0 Å². The van der Waals surface area contributed by atoms with E-state index in [4.69, 9.17) is 10.2 Å². The Balaban J connectivity index is 1.78. The van der Waals surface area contributed by atoms with Crippen molar-refractivity contribution in [3.05, 3.63) is 24.2 Å². The molecule has 3 N–H and O–H groups in total. The molecule has 0 radical (unpaired) electrons. The van der Waals surface area contributed by atoms with Crippen molar-refractivity contribution in [2.75, 3.05) is 0 Å². The van der Waals surface area contributed by atoms with E-state index in [1.807, 2.05) is 12.1 Å². The predicted octanol–water partition coefficient (Wildman–Crippen LogP) is 0.0379. The van der Waals surface area contributed by atoms with Gasteiger partial charge in [-0.1, -0.05) is 0 Å². The van der Waals surface area contributed by atoms with Crippen molar-refractivity contribution < 1.29 is 9.21 Å². The summed E-state index contributed by atoms with van der Waals surface area (Å²) in [6.45, 7) is 0. The molecule has 1 aromatic heterocycles. The predicted molar refractivity (Wildman–Crippen MR) is 46.9 cm³/mol. The van der Waals surface area contributed by atoms with E-state index in [1.54, 1.807) is 6.26 Å². The number of carbonyl (C=O) groups excluding carboxylic acids is 1. The monoisotopic (exact) mass is 180 g/mol. The van der Waals surface area contributed by atoms with Crippen LogP contribution in [0.5, 0.6) is 0 Å². The summed E-state index contributed by atoms with van der Waals surface area (Å²) in [6.07, 6.45) is 3.32. The van der Waals surface area contributed by atoms with E-state index < -0.39 is 0 Å². The van der Waals surface area contributed by atoms with Gasteiger partial charge in [0.15, 0.2) is 0 Å². The van der Waals surface area contributed by atoms with Gasteiger partial charge in [-0.2, -0.15) is 0 Å². The second-order valence-electron chi connectivity index (χ2n) is 3.26. The first-order chi connectivity index (χ1) is 6.27. The molecule has 1 aliphatic heterocycles. The van der Waals surface area contributed by atoms with Gasteiger partial charge >= 0.3 is 0 Å². The van der Waals surface area contributed by atoms with Gasteiger partial charge in [0.1, 0.15) is 11.8 Å². The minimum absolute atomic E-state index is 0.0514. The van der Waals surface area contributed by atoms with E-state index in [2.05, 4.69) is 5.32 Å². The zero-order chi connectivity index (χ0) is 9.26. The van der Waals surface area contributed by atoms with Gasteiger partial charge in [-0.15, -0.1) is 0 Å². The molecule has 2 atom stereocenters.